The van der Waals surface area contributed by atoms with Crippen LogP contribution in [0.1, 0.15) is 30.9 Å². The summed E-state index contributed by atoms with van der Waals surface area (Å²) in [6.45, 7) is 5.23. The lowest BCUT2D eigenvalue weighted by Crippen LogP contribution is -2.13. The molecule has 1 N–H and O–H groups in total. The van der Waals surface area contributed by atoms with Gasteiger partial charge in [0, 0.05) is 6.54 Å². The first-order valence-corrected chi connectivity index (χ1v) is 5.95. The third kappa shape index (κ3) is 4.47. The molecule has 88 valence electrons. The van der Waals surface area contributed by atoms with Gasteiger partial charge in [-0.15, -0.1) is 0 Å². The Morgan fingerprint density at radius 3 is 2.81 bits per heavy atom. The number of aryl methyl sites for hydroxylation is 1. The molecule has 0 radical (unpaired) electrons. The molecule has 0 fully saturated rings. The molecule has 1 amide bonds. The monoisotopic (exact) mass is 219 g/mol. The summed E-state index contributed by atoms with van der Waals surface area (Å²) in [4.78, 5) is 10.1. The van der Waals surface area contributed by atoms with E-state index in [2.05, 4.69) is 43.4 Å². The number of carbonyl (C=O) groups excluding carboxylic acids is 1. The molecule has 16 heavy (non-hydrogen) atoms. The molecule has 2 heteroatoms. The molecule has 1 atom stereocenters. The topological polar surface area (TPSA) is 29.1 Å². The van der Waals surface area contributed by atoms with Crippen molar-refractivity contribution in [2.45, 2.75) is 33.1 Å². The zero-order valence-corrected chi connectivity index (χ0v) is 10.2. The SMILES string of the molecule is Cc1ccccc1CC(C)CCCNC=O. The van der Waals surface area contributed by atoms with E-state index in [1.807, 2.05) is 0 Å². The third-order valence-corrected chi connectivity index (χ3v) is 2.93. The fourth-order valence-electron chi connectivity index (χ4n) is 1.93. The van der Waals surface area contributed by atoms with Gasteiger partial charge < -0.3 is 5.32 Å². The number of rotatable bonds is 7. The van der Waals surface area contributed by atoms with Gasteiger partial charge in [0.1, 0.15) is 0 Å². The highest BCUT2D eigenvalue weighted by molar-refractivity contribution is 5.45. The summed E-state index contributed by atoms with van der Waals surface area (Å²) in [6.07, 6.45) is 4.13. The zero-order chi connectivity index (χ0) is 11.8. The quantitative estimate of drug-likeness (QED) is 0.554. The average molecular weight is 219 g/mol. The van der Waals surface area contributed by atoms with Gasteiger partial charge in [0.2, 0.25) is 6.41 Å². The van der Waals surface area contributed by atoms with Gasteiger partial charge in [0.15, 0.2) is 0 Å². The Labute approximate surface area is 98.1 Å². The molecular weight excluding hydrogens is 198 g/mol. The summed E-state index contributed by atoms with van der Waals surface area (Å²) >= 11 is 0. The Morgan fingerprint density at radius 1 is 1.38 bits per heavy atom. The van der Waals surface area contributed by atoms with E-state index in [-0.39, 0.29) is 0 Å². The Morgan fingerprint density at radius 2 is 2.12 bits per heavy atom. The molecule has 1 aromatic carbocycles. The van der Waals surface area contributed by atoms with E-state index in [9.17, 15) is 4.79 Å². The highest BCUT2D eigenvalue weighted by Crippen LogP contribution is 2.16. The van der Waals surface area contributed by atoms with Crippen LogP contribution in [0.15, 0.2) is 24.3 Å². The number of carbonyl (C=O) groups is 1. The minimum absolute atomic E-state index is 0.676. The maximum atomic E-state index is 10.1. The first-order chi connectivity index (χ1) is 7.74. The second-order valence-electron chi connectivity index (χ2n) is 4.45. The summed E-state index contributed by atoms with van der Waals surface area (Å²) < 4.78 is 0. The number of hydrogen-bond donors (Lipinski definition) is 1. The van der Waals surface area contributed by atoms with Gasteiger partial charge in [-0.05, 0) is 43.2 Å². The van der Waals surface area contributed by atoms with Crippen LogP contribution in [0, 0.1) is 12.8 Å². The van der Waals surface area contributed by atoms with Crippen LogP contribution in [-0.2, 0) is 11.2 Å². The molecule has 0 saturated carbocycles. The van der Waals surface area contributed by atoms with Crippen molar-refractivity contribution in [3.8, 4) is 0 Å². The van der Waals surface area contributed by atoms with Crippen LogP contribution in [0.25, 0.3) is 0 Å². The Balaban J connectivity index is 2.31. The lowest BCUT2D eigenvalue weighted by atomic mass is 9.94. The van der Waals surface area contributed by atoms with Crippen LogP contribution in [0.2, 0.25) is 0 Å². The summed E-state index contributed by atoms with van der Waals surface area (Å²) in [7, 11) is 0. The largest absolute Gasteiger partial charge is 0.359 e. The van der Waals surface area contributed by atoms with Crippen LogP contribution >= 0.6 is 0 Å². The average Bonchev–Trinajstić information content (AvgIpc) is 2.28. The smallest absolute Gasteiger partial charge is 0.207 e. The van der Waals surface area contributed by atoms with Crippen molar-refractivity contribution >= 4 is 6.41 Å². The Bertz CT molecular complexity index is 322. The first-order valence-electron chi connectivity index (χ1n) is 5.95. The van der Waals surface area contributed by atoms with Crippen LogP contribution in [0.4, 0.5) is 0 Å². The molecule has 1 unspecified atom stereocenters. The Hall–Kier alpha value is -1.31. The van der Waals surface area contributed by atoms with Crippen molar-refractivity contribution in [2.75, 3.05) is 6.54 Å². The first kappa shape index (κ1) is 12.8. The summed E-state index contributed by atoms with van der Waals surface area (Å²) in [5, 5.41) is 2.70. The lowest BCUT2D eigenvalue weighted by molar-refractivity contribution is -0.109. The van der Waals surface area contributed by atoms with Crippen molar-refractivity contribution in [3.63, 3.8) is 0 Å². The van der Waals surface area contributed by atoms with Gasteiger partial charge in [0.05, 0.1) is 0 Å². The summed E-state index contributed by atoms with van der Waals surface area (Å²) in [5.41, 5.74) is 2.82. The van der Waals surface area contributed by atoms with E-state index in [0.29, 0.717) is 5.92 Å². The lowest BCUT2D eigenvalue weighted by Gasteiger charge is -2.12. The van der Waals surface area contributed by atoms with Gasteiger partial charge in [-0.1, -0.05) is 31.2 Å². The number of hydrogen-bond acceptors (Lipinski definition) is 1. The van der Waals surface area contributed by atoms with Crippen LogP contribution in [-0.4, -0.2) is 13.0 Å². The van der Waals surface area contributed by atoms with E-state index < -0.39 is 0 Å². The van der Waals surface area contributed by atoms with Crippen molar-refractivity contribution in [1.82, 2.24) is 5.32 Å². The third-order valence-electron chi connectivity index (χ3n) is 2.93. The maximum absolute atomic E-state index is 10.1. The summed E-state index contributed by atoms with van der Waals surface area (Å²) in [6, 6.07) is 8.55. The maximum Gasteiger partial charge on any atom is 0.207 e. The molecular formula is C14H21NO. The van der Waals surface area contributed by atoms with Crippen molar-refractivity contribution in [3.05, 3.63) is 35.4 Å². The molecule has 0 aliphatic rings. The van der Waals surface area contributed by atoms with E-state index in [1.165, 1.54) is 11.1 Å². The molecule has 1 aromatic rings. The normalized spacial score (nSPS) is 12.1. The number of amides is 1. The highest BCUT2D eigenvalue weighted by atomic mass is 16.1. The van der Waals surface area contributed by atoms with E-state index in [4.69, 9.17) is 0 Å². The van der Waals surface area contributed by atoms with Gasteiger partial charge in [0.25, 0.3) is 0 Å². The predicted octanol–water partition coefficient (Wildman–Crippen LogP) is 2.70. The number of nitrogens with one attached hydrogen (secondary N) is 1. The zero-order valence-electron chi connectivity index (χ0n) is 10.2. The molecule has 0 spiro atoms. The fourth-order valence-corrected chi connectivity index (χ4v) is 1.93. The van der Waals surface area contributed by atoms with Gasteiger partial charge in [-0.3, -0.25) is 4.79 Å². The van der Waals surface area contributed by atoms with Crippen LogP contribution in [0.3, 0.4) is 0 Å². The Kier molecular flexibility index (Phi) is 5.62. The molecule has 0 saturated heterocycles. The van der Waals surface area contributed by atoms with Crippen LogP contribution < -0.4 is 5.32 Å². The van der Waals surface area contributed by atoms with Gasteiger partial charge in [-0.2, -0.15) is 0 Å². The van der Waals surface area contributed by atoms with Crippen molar-refractivity contribution < 1.29 is 4.79 Å². The molecule has 0 bridgehead atoms. The molecule has 2 nitrogen and oxygen atoms in total. The molecule has 0 heterocycles. The van der Waals surface area contributed by atoms with E-state index in [1.54, 1.807) is 0 Å². The second kappa shape index (κ2) is 7.04. The van der Waals surface area contributed by atoms with E-state index in [0.717, 1.165) is 32.2 Å². The fraction of sp³-hybridized carbons (Fsp3) is 0.500. The van der Waals surface area contributed by atoms with Crippen LogP contribution in [0.5, 0.6) is 0 Å². The van der Waals surface area contributed by atoms with Gasteiger partial charge >= 0.3 is 0 Å². The molecule has 0 aliphatic carbocycles. The van der Waals surface area contributed by atoms with Crippen molar-refractivity contribution in [2.24, 2.45) is 5.92 Å². The highest BCUT2D eigenvalue weighted by Gasteiger charge is 2.05. The predicted molar refractivity (Wildman–Crippen MR) is 67.3 cm³/mol. The molecule has 1 rings (SSSR count). The molecule has 0 aromatic heterocycles. The van der Waals surface area contributed by atoms with Gasteiger partial charge in [-0.25, -0.2) is 0 Å². The summed E-state index contributed by atoms with van der Waals surface area (Å²) in [5.74, 6) is 0.676. The second-order valence-corrected chi connectivity index (χ2v) is 4.45. The minimum Gasteiger partial charge on any atom is -0.359 e. The number of benzene rings is 1. The molecule has 0 aliphatic heterocycles. The minimum atomic E-state index is 0.676. The van der Waals surface area contributed by atoms with Crippen molar-refractivity contribution in [1.29, 1.82) is 0 Å². The standard InChI is InChI=1S/C14H21NO/c1-12(6-5-9-15-11-16)10-14-8-4-3-7-13(14)2/h3-4,7-8,11-12H,5-6,9-10H2,1-2H3,(H,15,16). The van der Waals surface area contributed by atoms with E-state index >= 15 is 0 Å².